The lowest BCUT2D eigenvalue weighted by atomic mass is 10.1. The van der Waals surface area contributed by atoms with Crippen molar-refractivity contribution in [2.45, 2.75) is 20.1 Å². The van der Waals surface area contributed by atoms with E-state index in [1.54, 1.807) is 12.1 Å². The summed E-state index contributed by atoms with van der Waals surface area (Å²) in [6.07, 6.45) is -0.738. The van der Waals surface area contributed by atoms with Gasteiger partial charge in [-0.05, 0) is 31.5 Å². The van der Waals surface area contributed by atoms with E-state index in [1.165, 1.54) is 32.7 Å². The van der Waals surface area contributed by atoms with Gasteiger partial charge < -0.3 is 24.3 Å². The van der Waals surface area contributed by atoms with Gasteiger partial charge in [0.15, 0.2) is 11.5 Å². The maximum Gasteiger partial charge on any atom is 0.344 e. The van der Waals surface area contributed by atoms with E-state index in [1.807, 2.05) is 13.8 Å². The summed E-state index contributed by atoms with van der Waals surface area (Å²) < 4.78 is 20.9. The molecule has 0 radical (unpaired) electrons. The van der Waals surface area contributed by atoms with Crippen molar-refractivity contribution >= 4 is 28.3 Å². The Labute approximate surface area is 154 Å². The zero-order chi connectivity index (χ0) is 19.0. The molecule has 7 nitrogen and oxygen atoms in total. The Morgan fingerprint density at radius 2 is 1.92 bits per heavy atom. The fourth-order valence-electron chi connectivity index (χ4n) is 2.90. The second-order valence-electron chi connectivity index (χ2n) is 5.67. The van der Waals surface area contributed by atoms with Crippen molar-refractivity contribution in [3.05, 3.63) is 39.3 Å². The van der Waals surface area contributed by atoms with Gasteiger partial charge in [-0.25, -0.2) is 9.59 Å². The third-order valence-corrected chi connectivity index (χ3v) is 5.46. The van der Waals surface area contributed by atoms with Crippen molar-refractivity contribution in [2.75, 3.05) is 26.6 Å². The van der Waals surface area contributed by atoms with Gasteiger partial charge >= 0.3 is 11.9 Å². The third-order valence-electron chi connectivity index (χ3n) is 4.33. The Balaban J connectivity index is 2.02. The molecule has 1 atom stereocenters. The van der Waals surface area contributed by atoms with E-state index in [0.717, 1.165) is 10.4 Å². The Morgan fingerprint density at radius 3 is 2.54 bits per heavy atom. The number of fused-ring (bicyclic) bond motifs is 1. The lowest BCUT2D eigenvalue weighted by Crippen LogP contribution is -2.13. The molecule has 3 rings (SSSR count). The van der Waals surface area contributed by atoms with Crippen molar-refractivity contribution in [3.63, 3.8) is 0 Å². The second-order valence-corrected chi connectivity index (χ2v) is 6.90. The van der Waals surface area contributed by atoms with E-state index in [0.29, 0.717) is 33.2 Å². The summed E-state index contributed by atoms with van der Waals surface area (Å²) in [7, 11) is 4.30. The van der Waals surface area contributed by atoms with Gasteiger partial charge in [0.25, 0.3) is 0 Å². The number of carbonyl (C=O) groups excluding carboxylic acids is 2. The molecule has 1 aliphatic rings. The molecule has 0 aliphatic carbocycles. The Bertz CT molecular complexity index is 888. The minimum Gasteiger partial charge on any atom is -0.493 e. The summed E-state index contributed by atoms with van der Waals surface area (Å²) in [6, 6.07) is 3.45. The maximum absolute atomic E-state index is 12.4. The minimum absolute atomic E-state index is 0.314. The third kappa shape index (κ3) is 2.76. The van der Waals surface area contributed by atoms with Crippen LogP contribution in [-0.4, -0.2) is 33.3 Å². The zero-order valence-corrected chi connectivity index (χ0v) is 15.9. The average Bonchev–Trinajstić information content (AvgIpc) is 3.10. The summed E-state index contributed by atoms with van der Waals surface area (Å²) in [4.78, 5) is 25.5. The Kier molecular flexibility index (Phi) is 4.78. The van der Waals surface area contributed by atoms with E-state index in [9.17, 15) is 9.59 Å². The monoisotopic (exact) mass is 377 g/mol. The van der Waals surface area contributed by atoms with Crippen molar-refractivity contribution in [2.24, 2.45) is 0 Å². The first-order chi connectivity index (χ1) is 12.4. The number of cyclic esters (lactones) is 1. The van der Waals surface area contributed by atoms with E-state index in [4.69, 9.17) is 18.9 Å². The van der Waals surface area contributed by atoms with Crippen LogP contribution in [0.15, 0.2) is 12.1 Å². The zero-order valence-electron chi connectivity index (χ0n) is 15.1. The van der Waals surface area contributed by atoms with Crippen molar-refractivity contribution in [1.82, 2.24) is 0 Å². The molecule has 0 saturated carbocycles. The van der Waals surface area contributed by atoms with E-state index in [-0.39, 0.29) is 0 Å². The first-order valence-corrected chi connectivity index (χ1v) is 8.65. The van der Waals surface area contributed by atoms with Gasteiger partial charge in [0, 0.05) is 10.4 Å². The van der Waals surface area contributed by atoms with Crippen LogP contribution in [0.5, 0.6) is 11.5 Å². The van der Waals surface area contributed by atoms with Crippen LogP contribution in [0.25, 0.3) is 0 Å². The van der Waals surface area contributed by atoms with Crippen molar-refractivity contribution < 1.29 is 28.5 Å². The number of benzene rings is 1. The summed E-state index contributed by atoms with van der Waals surface area (Å²) in [5, 5.41) is 3.73. The standard InChI is InChI=1S/C18H19NO6S/c1-8-9(2)26-16(12(8)17(20)24-5)19-15-10-6-7-11(22-3)14(23-4)13(10)18(21)25-15/h6-7,15,19H,1-5H3/t15-/m0/s1. The van der Waals surface area contributed by atoms with Gasteiger partial charge in [-0.2, -0.15) is 0 Å². The molecule has 0 saturated heterocycles. The number of carbonyl (C=O) groups is 2. The average molecular weight is 377 g/mol. The van der Waals surface area contributed by atoms with E-state index in [2.05, 4.69) is 5.32 Å². The molecular weight excluding hydrogens is 358 g/mol. The van der Waals surface area contributed by atoms with E-state index >= 15 is 0 Å². The lowest BCUT2D eigenvalue weighted by Gasteiger charge is -2.15. The summed E-state index contributed by atoms with van der Waals surface area (Å²) in [5.74, 6) is -0.183. The molecule has 1 aliphatic heterocycles. The highest BCUT2D eigenvalue weighted by Gasteiger charge is 2.37. The number of hydrogen-bond donors (Lipinski definition) is 1. The van der Waals surface area contributed by atoms with Crippen LogP contribution in [0, 0.1) is 13.8 Å². The fourth-order valence-corrected chi connectivity index (χ4v) is 3.97. The molecule has 0 unspecified atom stereocenters. The summed E-state index contributed by atoms with van der Waals surface area (Å²) >= 11 is 1.41. The van der Waals surface area contributed by atoms with Crippen LogP contribution in [0.4, 0.5) is 5.00 Å². The largest absolute Gasteiger partial charge is 0.493 e. The highest BCUT2D eigenvalue weighted by molar-refractivity contribution is 7.16. The highest BCUT2D eigenvalue weighted by Crippen LogP contribution is 2.43. The SMILES string of the molecule is COC(=O)c1c(N[C@H]2OC(=O)c3c2ccc(OC)c3OC)sc(C)c1C. The van der Waals surface area contributed by atoms with Crippen LogP contribution in [0.1, 0.15) is 42.9 Å². The predicted molar refractivity (Wildman–Crippen MR) is 96.5 cm³/mol. The van der Waals surface area contributed by atoms with Gasteiger partial charge in [-0.1, -0.05) is 0 Å². The molecule has 26 heavy (non-hydrogen) atoms. The minimum atomic E-state index is -0.738. The first kappa shape index (κ1) is 18.1. The van der Waals surface area contributed by atoms with Crippen LogP contribution >= 0.6 is 11.3 Å². The quantitative estimate of drug-likeness (QED) is 0.799. The first-order valence-electron chi connectivity index (χ1n) is 7.83. The number of aryl methyl sites for hydroxylation is 1. The molecule has 2 heterocycles. The fraction of sp³-hybridized carbons (Fsp3) is 0.333. The van der Waals surface area contributed by atoms with Crippen LogP contribution in [0.2, 0.25) is 0 Å². The van der Waals surface area contributed by atoms with Gasteiger partial charge in [-0.15, -0.1) is 11.3 Å². The molecule has 1 aromatic carbocycles. The topological polar surface area (TPSA) is 83.1 Å². The van der Waals surface area contributed by atoms with E-state index < -0.39 is 18.2 Å². The van der Waals surface area contributed by atoms with Gasteiger partial charge in [-0.3, -0.25) is 0 Å². The molecule has 1 aromatic heterocycles. The number of ether oxygens (including phenoxy) is 4. The molecule has 2 aromatic rings. The van der Waals surface area contributed by atoms with Gasteiger partial charge in [0.2, 0.25) is 6.23 Å². The molecule has 138 valence electrons. The molecular formula is C18H19NO6S. The molecule has 0 bridgehead atoms. The number of anilines is 1. The molecule has 0 spiro atoms. The lowest BCUT2D eigenvalue weighted by molar-refractivity contribution is 0.0435. The second kappa shape index (κ2) is 6.87. The van der Waals surface area contributed by atoms with Crippen LogP contribution in [0.3, 0.4) is 0 Å². The number of methoxy groups -OCH3 is 3. The van der Waals surface area contributed by atoms with Crippen LogP contribution in [-0.2, 0) is 9.47 Å². The van der Waals surface area contributed by atoms with Gasteiger partial charge in [0.05, 0.1) is 26.9 Å². The molecule has 8 heteroatoms. The summed E-state index contributed by atoms with van der Waals surface area (Å²) in [6.45, 7) is 3.77. The normalized spacial score (nSPS) is 15.3. The molecule has 0 fully saturated rings. The highest BCUT2D eigenvalue weighted by atomic mass is 32.1. The number of nitrogens with one attached hydrogen (secondary N) is 1. The molecule has 1 N–H and O–H groups in total. The summed E-state index contributed by atoms with van der Waals surface area (Å²) in [5.41, 5.74) is 2.21. The predicted octanol–water partition coefficient (Wildman–Crippen LogP) is 3.45. The molecule has 0 amide bonds. The number of rotatable bonds is 5. The number of hydrogen-bond acceptors (Lipinski definition) is 8. The number of esters is 2. The Morgan fingerprint density at radius 1 is 1.19 bits per heavy atom. The van der Waals surface area contributed by atoms with Gasteiger partial charge in [0.1, 0.15) is 10.6 Å². The number of thiophene rings is 1. The maximum atomic E-state index is 12.4. The van der Waals surface area contributed by atoms with Crippen molar-refractivity contribution in [3.8, 4) is 11.5 Å². The van der Waals surface area contributed by atoms with Crippen LogP contribution < -0.4 is 14.8 Å². The van der Waals surface area contributed by atoms with Crippen molar-refractivity contribution in [1.29, 1.82) is 0 Å². The Hall–Kier alpha value is -2.74. The smallest absolute Gasteiger partial charge is 0.344 e.